The molecule has 0 aromatic rings. The van der Waals surface area contributed by atoms with Crippen LogP contribution in [-0.4, -0.2) is 47.4 Å². The highest BCUT2D eigenvalue weighted by Gasteiger charge is 2.18. The second kappa shape index (κ2) is 66.6. The van der Waals surface area contributed by atoms with E-state index in [-0.39, 0.29) is 18.5 Å². The average molecular weight is 1080 g/mol. The van der Waals surface area contributed by atoms with Crippen molar-refractivity contribution in [3.63, 3.8) is 0 Å². The molecule has 6 nitrogen and oxygen atoms in total. The molecule has 0 rings (SSSR count). The number of esters is 1. The molecule has 77 heavy (non-hydrogen) atoms. The van der Waals surface area contributed by atoms with E-state index >= 15 is 0 Å². The first-order valence-corrected chi connectivity index (χ1v) is 34.8. The second-order valence-electron chi connectivity index (χ2n) is 23.9. The molecule has 0 aromatic carbocycles. The van der Waals surface area contributed by atoms with Gasteiger partial charge in [0.25, 0.3) is 0 Å². The van der Waals surface area contributed by atoms with Gasteiger partial charge in [-0.3, -0.25) is 9.59 Å². The Hall–Kier alpha value is -1.92. The SMILES string of the molecule is CCC/C=C\C/C=C\CCCCCCCC(=O)OCCCCCCCCCCCCCCCCCCCCCCCCCCCCCCCCCC(=O)NC(CO)C(O)/C=C/CCCCCCCCCCCCCCCC. The van der Waals surface area contributed by atoms with Gasteiger partial charge in [0.1, 0.15) is 0 Å². The third-order valence-electron chi connectivity index (χ3n) is 16.1. The summed E-state index contributed by atoms with van der Waals surface area (Å²) in [7, 11) is 0. The molecule has 0 aliphatic rings. The number of unbranched alkanes of at least 4 members (excludes halogenated alkanes) is 50. The second-order valence-corrected chi connectivity index (χ2v) is 23.9. The number of rotatable bonds is 65. The summed E-state index contributed by atoms with van der Waals surface area (Å²) in [6, 6.07) is -0.625. The van der Waals surface area contributed by atoms with Crippen molar-refractivity contribution in [2.75, 3.05) is 13.2 Å². The summed E-state index contributed by atoms with van der Waals surface area (Å²) in [5.74, 6) is -0.0562. The highest BCUT2D eigenvalue weighted by Crippen LogP contribution is 2.19. The zero-order valence-corrected chi connectivity index (χ0v) is 52.0. The number of carbonyl (C=O) groups excluding carboxylic acids is 2. The summed E-state index contributed by atoms with van der Waals surface area (Å²) in [6.07, 6.45) is 85.1. The van der Waals surface area contributed by atoms with Gasteiger partial charge in [0.2, 0.25) is 5.91 Å². The van der Waals surface area contributed by atoms with Gasteiger partial charge in [-0.2, -0.15) is 0 Å². The third-order valence-corrected chi connectivity index (χ3v) is 16.1. The Kier molecular flexibility index (Phi) is 64.9. The molecule has 1 amide bonds. The number of hydrogen-bond acceptors (Lipinski definition) is 5. The lowest BCUT2D eigenvalue weighted by Crippen LogP contribution is -2.45. The quantitative estimate of drug-likeness (QED) is 0.0320. The van der Waals surface area contributed by atoms with Crippen LogP contribution in [0.1, 0.15) is 380 Å². The highest BCUT2D eigenvalue weighted by atomic mass is 16.5. The minimum atomic E-state index is -0.841. The molecule has 0 bridgehead atoms. The molecule has 0 fully saturated rings. The fourth-order valence-electron chi connectivity index (χ4n) is 10.9. The van der Waals surface area contributed by atoms with Crippen LogP contribution in [0.5, 0.6) is 0 Å². The largest absolute Gasteiger partial charge is 0.466 e. The van der Waals surface area contributed by atoms with Crippen molar-refractivity contribution in [1.82, 2.24) is 5.32 Å². The number of hydrogen-bond donors (Lipinski definition) is 3. The van der Waals surface area contributed by atoms with Crippen LogP contribution in [0.4, 0.5) is 0 Å². The molecule has 0 radical (unpaired) electrons. The van der Waals surface area contributed by atoms with E-state index in [9.17, 15) is 19.8 Å². The topological polar surface area (TPSA) is 95.9 Å². The van der Waals surface area contributed by atoms with Gasteiger partial charge in [0, 0.05) is 12.8 Å². The highest BCUT2D eigenvalue weighted by molar-refractivity contribution is 5.76. The Morgan fingerprint density at radius 2 is 0.675 bits per heavy atom. The molecule has 2 unspecified atom stereocenters. The van der Waals surface area contributed by atoms with Crippen LogP contribution < -0.4 is 5.32 Å². The molecule has 3 N–H and O–H groups in total. The summed E-state index contributed by atoms with van der Waals surface area (Å²) < 4.78 is 5.48. The molecule has 0 aliphatic heterocycles. The fourth-order valence-corrected chi connectivity index (χ4v) is 10.9. The van der Waals surface area contributed by atoms with Crippen LogP contribution in [-0.2, 0) is 14.3 Å². The van der Waals surface area contributed by atoms with Gasteiger partial charge >= 0.3 is 5.97 Å². The van der Waals surface area contributed by atoms with Gasteiger partial charge < -0.3 is 20.3 Å². The van der Waals surface area contributed by atoms with E-state index < -0.39 is 12.1 Å². The van der Waals surface area contributed by atoms with E-state index in [0.717, 1.165) is 51.4 Å². The minimum Gasteiger partial charge on any atom is -0.466 e. The van der Waals surface area contributed by atoms with Crippen molar-refractivity contribution in [3.8, 4) is 0 Å². The summed E-state index contributed by atoms with van der Waals surface area (Å²) in [5.41, 5.74) is 0. The van der Waals surface area contributed by atoms with Crippen LogP contribution in [0.3, 0.4) is 0 Å². The maximum atomic E-state index is 12.5. The van der Waals surface area contributed by atoms with Crippen LogP contribution in [0.15, 0.2) is 36.5 Å². The molecular formula is C71H135NO5. The van der Waals surface area contributed by atoms with E-state index in [1.807, 2.05) is 6.08 Å². The van der Waals surface area contributed by atoms with E-state index in [1.54, 1.807) is 6.08 Å². The summed E-state index contributed by atoms with van der Waals surface area (Å²) in [4.78, 5) is 24.5. The fraction of sp³-hybridized carbons (Fsp3) is 0.887. The molecule has 0 saturated carbocycles. The van der Waals surface area contributed by atoms with Gasteiger partial charge in [0.05, 0.1) is 25.4 Å². The molecule has 2 atom stereocenters. The van der Waals surface area contributed by atoms with Gasteiger partial charge in [-0.05, 0) is 57.8 Å². The van der Waals surface area contributed by atoms with E-state index in [2.05, 4.69) is 43.5 Å². The Morgan fingerprint density at radius 3 is 1.04 bits per heavy atom. The first-order valence-electron chi connectivity index (χ1n) is 34.8. The summed E-state index contributed by atoms with van der Waals surface area (Å²) in [5, 5.41) is 23.2. The van der Waals surface area contributed by atoms with Crippen molar-refractivity contribution >= 4 is 11.9 Å². The number of aliphatic hydroxyl groups is 2. The number of ether oxygens (including phenoxy) is 1. The Labute approximate surface area is 481 Å². The van der Waals surface area contributed by atoms with Crippen molar-refractivity contribution in [3.05, 3.63) is 36.5 Å². The predicted molar refractivity (Wildman–Crippen MR) is 338 cm³/mol. The number of carbonyl (C=O) groups is 2. The maximum absolute atomic E-state index is 12.5. The lowest BCUT2D eigenvalue weighted by atomic mass is 10.0. The van der Waals surface area contributed by atoms with Crippen LogP contribution in [0.25, 0.3) is 0 Å². The zero-order valence-electron chi connectivity index (χ0n) is 52.0. The number of aliphatic hydroxyl groups excluding tert-OH is 2. The molecule has 0 heterocycles. The van der Waals surface area contributed by atoms with Crippen molar-refractivity contribution in [2.45, 2.75) is 392 Å². The summed E-state index contributed by atoms with van der Waals surface area (Å²) in [6.45, 7) is 4.86. The van der Waals surface area contributed by atoms with Crippen molar-refractivity contribution in [1.29, 1.82) is 0 Å². The molecular weight excluding hydrogens is 947 g/mol. The molecule has 0 saturated heterocycles. The normalized spacial score (nSPS) is 12.7. The van der Waals surface area contributed by atoms with Gasteiger partial charge in [-0.1, -0.05) is 346 Å². The lowest BCUT2D eigenvalue weighted by Gasteiger charge is -2.20. The van der Waals surface area contributed by atoms with Crippen LogP contribution in [0, 0.1) is 0 Å². The monoisotopic (exact) mass is 1080 g/mol. The lowest BCUT2D eigenvalue weighted by molar-refractivity contribution is -0.143. The van der Waals surface area contributed by atoms with E-state index in [4.69, 9.17) is 4.74 Å². The van der Waals surface area contributed by atoms with Crippen LogP contribution in [0.2, 0.25) is 0 Å². The summed E-state index contributed by atoms with van der Waals surface area (Å²) >= 11 is 0. The van der Waals surface area contributed by atoms with Gasteiger partial charge in [-0.25, -0.2) is 0 Å². The predicted octanol–water partition coefficient (Wildman–Crippen LogP) is 22.3. The average Bonchev–Trinajstić information content (AvgIpc) is 3.43. The van der Waals surface area contributed by atoms with Crippen LogP contribution >= 0.6 is 0 Å². The minimum absolute atomic E-state index is 0.00516. The smallest absolute Gasteiger partial charge is 0.305 e. The first-order chi connectivity index (χ1) is 38.0. The Balaban J connectivity index is 3.35. The molecule has 0 aromatic heterocycles. The number of amides is 1. The molecule has 0 aliphatic carbocycles. The molecule has 6 heteroatoms. The maximum Gasteiger partial charge on any atom is 0.305 e. The first kappa shape index (κ1) is 75.1. The Bertz CT molecular complexity index is 1250. The van der Waals surface area contributed by atoms with Crippen molar-refractivity contribution in [2.24, 2.45) is 0 Å². The van der Waals surface area contributed by atoms with Gasteiger partial charge in [0.15, 0.2) is 0 Å². The van der Waals surface area contributed by atoms with E-state index in [1.165, 1.54) is 302 Å². The van der Waals surface area contributed by atoms with Crippen molar-refractivity contribution < 1.29 is 24.5 Å². The zero-order chi connectivity index (χ0) is 55.7. The number of nitrogens with one attached hydrogen (secondary N) is 1. The Morgan fingerprint density at radius 1 is 0.364 bits per heavy atom. The molecule has 0 spiro atoms. The standard InChI is InChI=1S/C71H135NO5/c1-3-5-7-9-11-13-15-17-18-36-40-43-47-51-55-59-63-69(74)68(67-73)72-70(75)64-60-56-52-48-44-41-37-34-32-30-28-26-24-22-20-19-21-23-25-27-29-31-33-35-38-42-46-50-54-58-62-66-77-71(76)65-61-57-53-49-45-39-16-14-12-10-8-6-4-2/h8,10,14,16,59,63,68-69,73-74H,3-7,9,11-13,15,17-58,60-62,64-67H2,1-2H3,(H,72,75)/b10-8-,16-14-,63-59+. The third kappa shape index (κ3) is 63.1. The molecule has 454 valence electrons. The van der Waals surface area contributed by atoms with E-state index in [0.29, 0.717) is 19.4 Å². The van der Waals surface area contributed by atoms with Gasteiger partial charge in [-0.15, -0.1) is 0 Å². The number of allylic oxidation sites excluding steroid dienone is 5.